The molecule has 0 spiro atoms. The van der Waals surface area contributed by atoms with E-state index in [2.05, 4.69) is 20.0 Å². The van der Waals surface area contributed by atoms with Crippen molar-refractivity contribution in [3.8, 4) is 5.88 Å². The lowest BCUT2D eigenvalue weighted by atomic mass is 9.93. The quantitative estimate of drug-likeness (QED) is 0.317. The number of azide groups is 1. The number of pyridine rings is 2. The van der Waals surface area contributed by atoms with Gasteiger partial charge in [-0.1, -0.05) is 30.6 Å². The van der Waals surface area contributed by atoms with Crippen LogP contribution < -0.4 is 4.74 Å². The van der Waals surface area contributed by atoms with Crippen molar-refractivity contribution in [2.45, 2.75) is 50.0 Å². The molecule has 0 N–H and O–H groups in total. The molecule has 2 heterocycles. The molecule has 1 saturated carbocycles. The summed E-state index contributed by atoms with van der Waals surface area (Å²) in [5, 5.41) is 5.13. The summed E-state index contributed by atoms with van der Waals surface area (Å²) in [6.45, 7) is 3.57. The highest BCUT2D eigenvalue weighted by atomic mass is 35.5. The molecule has 0 aliphatic heterocycles. The Morgan fingerprint density at radius 1 is 1.30 bits per heavy atom. The van der Waals surface area contributed by atoms with Crippen LogP contribution in [0.15, 0.2) is 23.6 Å². The molecule has 0 aromatic carbocycles. The molecule has 27 heavy (non-hydrogen) atoms. The first-order valence-electron chi connectivity index (χ1n) is 8.48. The van der Waals surface area contributed by atoms with Gasteiger partial charge in [0, 0.05) is 30.0 Å². The Bertz CT molecular complexity index is 1030. The smallest absolute Gasteiger partial charge is 0.223 e. The summed E-state index contributed by atoms with van der Waals surface area (Å²) in [4.78, 5) is 11.4. The third-order valence-electron chi connectivity index (χ3n) is 4.88. The number of sulfone groups is 1. The van der Waals surface area contributed by atoms with Gasteiger partial charge in [0.25, 0.3) is 0 Å². The second-order valence-electron chi connectivity index (χ2n) is 7.28. The molecule has 2 aromatic rings. The molecule has 1 aliphatic carbocycles. The average molecular weight is 410 g/mol. The molecule has 10 heteroatoms. The van der Waals surface area contributed by atoms with Gasteiger partial charge in [0.2, 0.25) is 5.88 Å². The summed E-state index contributed by atoms with van der Waals surface area (Å²) >= 11 is 6.07. The minimum absolute atomic E-state index is 0.230. The second kappa shape index (κ2) is 7.14. The van der Waals surface area contributed by atoms with E-state index in [0.717, 1.165) is 5.39 Å². The molecule has 3 rings (SSSR count). The molecule has 144 valence electrons. The summed E-state index contributed by atoms with van der Waals surface area (Å²) in [7, 11) is -3.08. The molecule has 1 fully saturated rings. The van der Waals surface area contributed by atoms with Crippen molar-refractivity contribution in [2.24, 2.45) is 5.11 Å². The van der Waals surface area contributed by atoms with Crippen molar-refractivity contribution in [3.05, 3.63) is 39.6 Å². The van der Waals surface area contributed by atoms with Crippen LogP contribution in [-0.2, 0) is 15.4 Å². The van der Waals surface area contributed by atoms with E-state index in [4.69, 9.17) is 21.9 Å². The maximum atomic E-state index is 11.8. The standard InChI is InChI=1S/C17H20ClN5O3S/c1-17(2,22-23-19)14-9-21-16(13-8-20-15(18)7-12(13)14)26-10-4-5-11(6-10)27(3,24)25/h7-11H,4-6H2,1-3H3/t10-,11-/m0/s1. The van der Waals surface area contributed by atoms with E-state index >= 15 is 0 Å². The number of nitrogens with zero attached hydrogens (tertiary/aromatic N) is 5. The Hall–Kier alpha value is -2.09. The first-order valence-corrected chi connectivity index (χ1v) is 10.8. The Labute approximate surface area is 162 Å². The van der Waals surface area contributed by atoms with Gasteiger partial charge in [-0.3, -0.25) is 0 Å². The van der Waals surface area contributed by atoms with Crippen LogP contribution >= 0.6 is 11.6 Å². The van der Waals surface area contributed by atoms with Crippen LogP contribution in [0.5, 0.6) is 5.88 Å². The minimum atomic E-state index is -3.08. The van der Waals surface area contributed by atoms with Gasteiger partial charge in [-0.05, 0) is 35.4 Å². The van der Waals surface area contributed by atoms with Crippen molar-refractivity contribution < 1.29 is 13.2 Å². The molecule has 0 unspecified atom stereocenters. The predicted octanol–water partition coefficient (Wildman–Crippen LogP) is 4.17. The molecular formula is C17H20ClN5O3S. The number of aromatic nitrogens is 2. The second-order valence-corrected chi connectivity index (χ2v) is 10.00. The number of rotatable bonds is 5. The number of halogens is 1. The Morgan fingerprint density at radius 3 is 2.67 bits per heavy atom. The first kappa shape index (κ1) is 19.7. The van der Waals surface area contributed by atoms with Gasteiger partial charge in [0.1, 0.15) is 21.1 Å². The number of hydrogen-bond donors (Lipinski definition) is 0. The molecule has 8 nitrogen and oxygen atoms in total. The number of ether oxygens (including phenoxy) is 1. The highest BCUT2D eigenvalue weighted by molar-refractivity contribution is 7.91. The van der Waals surface area contributed by atoms with Crippen LogP contribution in [0.3, 0.4) is 0 Å². The average Bonchev–Trinajstić information content (AvgIpc) is 3.03. The van der Waals surface area contributed by atoms with Gasteiger partial charge < -0.3 is 4.74 Å². The predicted molar refractivity (Wildman–Crippen MR) is 104 cm³/mol. The van der Waals surface area contributed by atoms with Crippen LogP contribution in [0.4, 0.5) is 0 Å². The zero-order valence-corrected chi connectivity index (χ0v) is 16.8. The molecule has 1 aliphatic rings. The summed E-state index contributed by atoms with van der Waals surface area (Å²) in [6.07, 6.45) is 5.86. The molecule has 0 bridgehead atoms. The van der Waals surface area contributed by atoms with Crippen LogP contribution in [0.25, 0.3) is 21.2 Å². The third-order valence-corrected chi connectivity index (χ3v) is 6.72. The minimum Gasteiger partial charge on any atom is -0.474 e. The summed E-state index contributed by atoms with van der Waals surface area (Å²) in [5.74, 6) is 0.369. The van der Waals surface area contributed by atoms with Crippen LogP contribution in [-0.4, -0.2) is 36.0 Å². The van der Waals surface area contributed by atoms with E-state index in [9.17, 15) is 8.42 Å². The van der Waals surface area contributed by atoms with Crippen molar-refractivity contribution in [1.82, 2.24) is 9.97 Å². The molecule has 2 atom stereocenters. The van der Waals surface area contributed by atoms with E-state index < -0.39 is 15.4 Å². The van der Waals surface area contributed by atoms with E-state index in [1.165, 1.54) is 6.26 Å². The summed E-state index contributed by atoms with van der Waals surface area (Å²) < 4.78 is 29.5. The van der Waals surface area contributed by atoms with Crippen molar-refractivity contribution >= 4 is 32.2 Å². The fourth-order valence-corrected chi connectivity index (χ4v) is 4.67. The largest absolute Gasteiger partial charge is 0.474 e. The number of hydrogen-bond acceptors (Lipinski definition) is 6. The topological polar surface area (TPSA) is 118 Å². The Morgan fingerprint density at radius 2 is 2.04 bits per heavy atom. The molecule has 2 aromatic heterocycles. The monoisotopic (exact) mass is 409 g/mol. The maximum Gasteiger partial charge on any atom is 0.223 e. The fraction of sp³-hybridized carbons (Fsp3) is 0.529. The summed E-state index contributed by atoms with van der Waals surface area (Å²) in [5.41, 5.74) is 8.72. The van der Waals surface area contributed by atoms with Gasteiger partial charge in [0.15, 0.2) is 0 Å². The van der Waals surface area contributed by atoms with Gasteiger partial charge in [-0.15, -0.1) is 0 Å². The maximum absolute atomic E-state index is 11.8. The normalized spacial score (nSPS) is 20.4. The highest BCUT2D eigenvalue weighted by Gasteiger charge is 2.33. The van der Waals surface area contributed by atoms with Gasteiger partial charge in [-0.25, -0.2) is 18.4 Å². The van der Waals surface area contributed by atoms with Crippen LogP contribution in [0.1, 0.15) is 38.7 Å². The Balaban J connectivity index is 2.00. The van der Waals surface area contributed by atoms with E-state index in [1.807, 2.05) is 0 Å². The van der Waals surface area contributed by atoms with Gasteiger partial charge in [-0.2, -0.15) is 0 Å². The van der Waals surface area contributed by atoms with Gasteiger partial charge >= 0.3 is 0 Å². The van der Waals surface area contributed by atoms with E-state index in [-0.39, 0.29) is 11.4 Å². The third kappa shape index (κ3) is 4.10. The molecule has 0 radical (unpaired) electrons. The van der Waals surface area contributed by atoms with E-state index in [1.54, 1.807) is 32.3 Å². The molecule has 0 saturated heterocycles. The van der Waals surface area contributed by atoms with Crippen molar-refractivity contribution in [2.75, 3.05) is 6.26 Å². The summed E-state index contributed by atoms with van der Waals surface area (Å²) in [6, 6.07) is 1.68. The lowest BCUT2D eigenvalue weighted by Gasteiger charge is -2.22. The zero-order valence-electron chi connectivity index (χ0n) is 15.3. The SMILES string of the molecule is CC(C)(N=[N+]=[N-])c1cnc(O[C@H]2CC[C@H](S(C)(=O)=O)C2)c2cnc(Cl)cc12. The van der Waals surface area contributed by atoms with E-state index in [0.29, 0.717) is 41.2 Å². The van der Waals surface area contributed by atoms with Crippen LogP contribution in [0, 0.1) is 0 Å². The lowest BCUT2D eigenvalue weighted by molar-refractivity contribution is 0.204. The Kier molecular flexibility index (Phi) is 5.20. The van der Waals surface area contributed by atoms with Crippen molar-refractivity contribution in [1.29, 1.82) is 0 Å². The van der Waals surface area contributed by atoms with Crippen LogP contribution in [0.2, 0.25) is 5.15 Å². The highest BCUT2D eigenvalue weighted by Crippen LogP contribution is 2.37. The fourth-order valence-electron chi connectivity index (χ4n) is 3.39. The molecular weight excluding hydrogens is 390 g/mol. The lowest BCUT2D eigenvalue weighted by Crippen LogP contribution is -2.20. The first-order chi connectivity index (χ1) is 12.6. The zero-order chi connectivity index (χ0) is 19.8. The van der Waals surface area contributed by atoms with Crippen molar-refractivity contribution in [3.63, 3.8) is 0 Å². The van der Waals surface area contributed by atoms with Gasteiger partial charge in [0.05, 0.1) is 16.2 Å². The molecule has 0 amide bonds. The number of fused-ring (bicyclic) bond motifs is 1.